The average Bonchev–Trinajstić information content (AvgIpc) is 3.18. The van der Waals surface area contributed by atoms with E-state index in [0.717, 1.165) is 16.7 Å². The number of benzene rings is 1. The predicted molar refractivity (Wildman–Crippen MR) is 98.0 cm³/mol. The van der Waals surface area contributed by atoms with Crippen molar-refractivity contribution in [2.75, 3.05) is 7.11 Å². The van der Waals surface area contributed by atoms with Crippen molar-refractivity contribution in [3.8, 4) is 0 Å². The largest absolute Gasteiger partial charge is 0.463 e. The summed E-state index contributed by atoms with van der Waals surface area (Å²) in [6.45, 7) is -0.0830. The molecule has 2 heterocycles. The molecule has 9 heteroatoms. The minimum absolute atomic E-state index is 0.000759. The van der Waals surface area contributed by atoms with Gasteiger partial charge in [-0.15, -0.1) is 0 Å². The van der Waals surface area contributed by atoms with Crippen LogP contribution in [0.15, 0.2) is 39.7 Å². The molecule has 1 aromatic carbocycles. The first-order valence-corrected chi connectivity index (χ1v) is 8.83. The Labute approximate surface area is 162 Å². The highest BCUT2D eigenvalue weighted by atomic mass is 35.5. The molecule has 1 saturated heterocycles. The van der Waals surface area contributed by atoms with Gasteiger partial charge < -0.3 is 9.15 Å². The van der Waals surface area contributed by atoms with Crippen LogP contribution in [0.1, 0.15) is 21.9 Å². The van der Waals surface area contributed by atoms with Crippen LogP contribution in [-0.4, -0.2) is 29.1 Å². The molecule has 0 radical (unpaired) electrons. The fourth-order valence-corrected chi connectivity index (χ4v) is 3.36. The Kier molecular flexibility index (Phi) is 5.41. The van der Waals surface area contributed by atoms with Crippen molar-refractivity contribution in [3.05, 3.63) is 62.4 Å². The van der Waals surface area contributed by atoms with Gasteiger partial charge in [0, 0.05) is 0 Å². The van der Waals surface area contributed by atoms with E-state index < -0.39 is 17.1 Å². The Morgan fingerprint density at radius 1 is 1.23 bits per heavy atom. The molecule has 2 aromatic rings. The van der Waals surface area contributed by atoms with E-state index in [0.29, 0.717) is 21.4 Å². The van der Waals surface area contributed by atoms with Gasteiger partial charge in [0.25, 0.3) is 11.1 Å². The fourth-order valence-electron chi connectivity index (χ4n) is 2.22. The van der Waals surface area contributed by atoms with Crippen molar-refractivity contribution >= 4 is 58.2 Å². The van der Waals surface area contributed by atoms with E-state index >= 15 is 0 Å². The molecule has 0 spiro atoms. The Hall–Kier alpha value is -2.22. The highest BCUT2D eigenvalue weighted by Gasteiger charge is 2.35. The highest BCUT2D eigenvalue weighted by Crippen LogP contribution is 2.34. The minimum Gasteiger partial charge on any atom is -0.463 e. The predicted octanol–water partition coefficient (Wildman–Crippen LogP) is 4.61. The Morgan fingerprint density at radius 2 is 2.00 bits per heavy atom. The van der Waals surface area contributed by atoms with Crippen LogP contribution in [0.2, 0.25) is 10.0 Å². The number of methoxy groups -OCH3 is 1. The van der Waals surface area contributed by atoms with E-state index in [1.54, 1.807) is 24.3 Å². The molecule has 1 aliphatic heterocycles. The van der Waals surface area contributed by atoms with E-state index in [-0.39, 0.29) is 17.2 Å². The summed E-state index contributed by atoms with van der Waals surface area (Å²) in [6.07, 6.45) is 1.56. The maximum absolute atomic E-state index is 12.5. The number of ether oxygens (including phenoxy) is 1. The molecule has 1 aliphatic rings. The number of carbonyl (C=O) groups excluding carboxylic acids is 3. The summed E-state index contributed by atoms with van der Waals surface area (Å²) in [7, 11) is 1.23. The van der Waals surface area contributed by atoms with E-state index in [9.17, 15) is 14.4 Å². The first-order valence-electron chi connectivity index (χ1n) is 7.26. The van der Waals surface area contributed by atoms with E-state index in [1.807, 2.05) is 0 Å². The SMILES string of the molecule is COC(=O)c1ccc(CN2C(=O)S/C(=C/c3ccc(Cl)c(Cl)c3)C2=O)o1. The number of halogens is 2. The second-order valence-electron chi connectivity index (χ2n) is 5.20. The van der Waals surface area contributed by atoms with Crippen molar-refractivity contribution in [2.45, 2.75) is 6.54 Å². The van der Waals surface area contributed by atoms with Crippen molar-refractivity contribution in [1.82, 2.24) is 4.90 Å². The smallest absolute Gasteiger partial charge is 0.373 e. The van der Waals surface area contributed by atoms with Crippen LogP contribution in [0.3, 0.4) is 0 Å². The van der Waals surface area contributed by atoms with Gasteiger partial charge in [-0.3, -0.25) is 14.5 Å². The van der Waals surface area contributed by atoms with Crippen LogP contribution in [0.5, 0.6) is 0 Å². The maximum atomic E-state index is 12.5. The molecule has 6 nitrogen and oxygen atoms in total. The van der Waals surface area contributed by atoms with Gasteiger partial charge in [0.05, 0.1) is 28.6 Å². The lowest BCUT2D eigenvalue weighted by Crippen LogP contribution is -2.27. The zero-order chi connectivity index (χ0) is 18.8. The lowest BCUT2D eigenvalue weighted by Gasteiger charge is -2.09. The first-order chi connectivity index (χ1) is 12.4. The third kappa shape index (κ3) is 3.80. The first kappa shape index (κ1) is 18.6. The van der Waals surface area contributed by atoms with Crippen LogP contribution >= 0.6 is 35.0 Å². The quantitative estimate of drug-likeness (QED) is 0.539. The molecule has 0 unspecified atom stereocenters. The number of nitrogens with zero attached hydrogens (tertiary/aromatic N) is 1. The summed E-state index contributed by atoms with van der Waals surface area (Å²) in [5.41, 5.74) is 0.649. The summed E-state index contributed by atoms with van der Waals surface area (Å²) in [6, 6.07) is 7.84. The Balaban J connectivity index is 1.78. The molecular formula is C17H11Cl2NO5S. The number of furan rings is 1. The zero-order valence-electron chi connectivity index (χ0n) is 13.3. The van der Waals surface area contributed by atoms with Gasteiger partial charge in [0.15, 0.2) is 0 Å². The van der Waals surface area contributed by atoms with Gasteiger partial charge in [0.2, 0.25) is 5.76 Å². The monoisotopic (exact) mass is 411 g/mol. The van der Waals surface area contributed by atoms with Crippen LogP contribution in [0.25, 0.3) is 6.08 Å². The molecular weight excluding hydrogens is 401 g/mol. The topological polar surface area (TPSA) is 76.8 Å². The van der Waals surface area contributed by atoms with Crippen LogP contribution in [0, 0.1) is 0 Å². The lowest BCUT2D eigenvalue weighted by molar-refractivity contribution is -0.123. The number of imide groups is 1. The number of esters is 1. The summed E-state index contributed by atoms with van der Waals surface area (Å²) in [5, 5.41) is 0.319. The van der Waals surface area contributed by atoms with Gasteiger partial charge >= 0.3 is 5.97 Å². The van der Waals surface area contributed by atoms with Gasteiger partial charge in [-0.25, -0.2) is 4.79 Å². The van der Waals surface area contributed by atoms with Gasteiger partial charge in [-0.1, -0.05) is 29.3 Å². The number of amides is 2. The lowest BCUT2D eigenvalue weighted by atomic mass is 10.2. The summed E-state index contributed by atoms with van der Waals surface area (Å²) in [5.74, 6) is -0.795. The normalized spacial score (nSPS) is 15.8. The number of hydrogen-bond donors (Lipinski definition) is 0. The Bertz CT molecular complexity index is 937. The van der Waals surface area contributed by atoms with Crippen LogP contribution < -0.4 is 0 Å². The minimum atomic E-state index is -0.634. The molecule has 0 bridgehead atoms. The Morgan fingerprint density at radius 3 is 2.69 bits per heavy atom. The zero-order valence-corrected chi connectivity index (χ0v) is 15.7. The van der Waals surface area contributed by atoms with Gasteiger partial charge in [0.1, 0.15) is 5.76 Å². The molecule has 1 aromatic heterocycles. The second-order valence-corrected chi connectivity index (χ2v) is 7.01. The molecule has 3 rings (SSSR count). The third-order valence-electron chi connectivity index (χ3n) is 3.48. The van der Waals surface area contributed by atoms with E-state index in [2.05, 4.69) is 4.74 Å². The second kappa shape index (κ2) is 7.57. The summed E-state index contributed by atoms with van der Waals surface area (Å²) in [4.78, 5) is 37.3. The molecule has 0 N–H and O–H groups in total. The molecule has 26 heavy (non-hydrogen) atoms. The van der Waals surface area contributed by atoms with E-state index in [4.69, 9.17) is 27.6 Å². The third-order valence-corrected chi connectivity index (χ3v) is 5.12. The maximum Gasteiger partial charge on any atom is 0.373 e. The standard InChI is InChI=1S/C17H11Cl2NO5S/c1-24-16(22)13-5-3-10(25-13)8-20-15(21)14(26-17(20)23)7-9-2-4-11(18)12(19)6-9/h2-7H,8H2,1H3/b14-7+. The highest BCUT2D eigenvalue weighted by molar-refractivity contribution is 8.18. The van der Waals surface area contributed by atoms with Crippen molar-refractivity contribution in [1.29, 1.82) is 0 Å². The fraction of sp³-hybridized carbons (Fsp3) is 0.118. The number of carbonyl (C=O) groups is 3. The number of rotatable bonds is 4. The summed E-state index contributed by atoms with van der Waals surface area (Å²) < 4.78 is 9.85. The summed E-state index contributed by atoms with van der Waals surface area (Å²) >= 11 is 12.6. The molecule has 0 saturated carbocycles. The molecule has 1 fully saturated rings. The van der Waals surface area contributed by atoms with E-state index in [1.165, 1.54) is 19.2 Å². The van der Waals surface area contributed by atoms with Gasteiger partial charge in [-0.2, -0.15) is 0 Å². The van der Waals surface area contributed by atoms with Crippen molar-refractivity contribution < 1.29 is 23.5 Å². The van der Waals surface area contributed by atoms with Crippen LogP contribution in [0.4, 0.5) is 4.79 Å². The molecule has 134 valence electrons. The molecule has 0 atom stereocenters. The molecule has 0 aliphatic carbocycles. The van der Waals surface area contributed by atoms with Crippen molar-refractivity contribution in [2.24, 2.45) is 0 Å². The number of thioether (sulfide) groups is 1. The van der Waals surface area contributed by atoms with Crippen molar-refractivity contribution in [3.63, 3.8) is 0 Å². The molecule has 2 amide bonds. The van der Waals surface area contributed by atoms with Gasteiger partial charge in [-0.05, 0) is 47.7 Å². The average molecular weight is 412 g/mol. The van der Waals surface area contributed by atoms with Crippen LogP contribution in [-0.2, 0) is 16.1 Å². The number of hydrogen-bond acceptors (Lipinski definition) is 6.